The van der Waals surface area contributed by atoms with Crippen LogP contribution in [0.2, 0.25) is 0 Å². The minimum Gasteiger partial charge on any atom is -0.434 e. The fraction of sp³-hybridized carbons (Fsp3) is 0.333. The summed E-state index contributed by atoms with van der Waals surface area (Å²) in [6.45, 7) is -2.17. The molecule has 0 bridgehead atoms. The number of alkyl halides is 2. The normalized spacial score (nSPS) is 11.4. The van der Waals surface area contributed by atoms with Gasteiger partial charge >= 0.3 is 6.61 Å². The molecule has 1 aromatic carbocycles. The van der Waals surface area contributed by atoms with Gasteiger partial charge < -0.3 is 20.3 Å². The van der Waals surface area contributed by atoms with Crippen molar-refractivity contribution in [3.63, 3.8) is 0 Å². The third-order valence-corrected chi connectivity index (χ3v) is 4.39. The van der Waals surface area contributed by atoms with Gasteiger partial charge in [0.1, 0.15) is 5.75 Å². The maximum Gasteiger partial charge on any atom is 0.387 e. The van der Waals surface area contributed by atoms with E-state index in [1.807, 2.05) is 17.5 Å². The first-order valence-corrected chi connectivity index (χ1v) is 9.11. The zero-order chi connectivity index (χ0) is 19.6. The number of amides is 1. The lowest BCUT2D eigenvalue weighted by Crippen LogP contribution is -2.42. The van der Waals surface area contributed by atoms with Gasteiger partial charge in [-0.1, -0.05) is 24.3 Å². The molecule has 0 aliphatic heterocycles. The van der Waals surface area contributed by atoms with Crippen LogP contribution < -0.4 is 15.4 Å². The molecule has 27 heavy (non-hydrogen) atoms. The second-order valence-corrected chi connectivity index (χ2v) is 6.76. The van der Waals surface area contributed by atoms with Gasteiger partial charge in [0.25, 0.3) is 0 Å². The van der Waals surface area contributed by atoms with Crippen LogP contribution in [0.5, 0.6) is 5.75 Å². The van der Waals surface area contributed by atoms with E-state index in [4.69, 9.17) is 0 Å². The van der Waals surface area contributed by atoms with Crippen molar-refractivity contribution in [2.75, 3.05) is 20.6 Å². The summed E-state index contributed by atoms with van der Waals surface area (Å²) in [6, 6.07) is 10.4. The molecule has 1 aromatic heterocycles. The molecule has 9 heteroatoms. The van der Waals surface area contributed by atoms with Gasteiger partial charge in [-0.2, -0.15) is 8.78 Å². The lowest BCUT2D eigenvalue weighted by Gasteiger charge is -2.15. The first-order valence-electron chi connectivity index (χ1n) is 8.23. The molecule has 1 heterocycles. The maximum atomic E-state index is 12.5. The zero-order valence-corrected chi connectivity index (χ0v) is 15.9. The lowest BCUT2D eigenvalue weighted by molar-refractivity contribution is -0.127. The van der Waals surface area contributed by atoms with Crippen molar-refractivity contribution in [2.45, 2.75) is 19.7 Å². The molecule has 146 valence electrons. The maximum absolute atomic E-state index is 12.5. The molecule has 0 fully saturated rings. The van der Waals surface area contributed by atoms with E-state index >= 15 is 0 Å². The summed E-state index contributed by atoms with van der Waals surface area (Å²) in [5.74, 6) is 0.380. The average molecular weight is 396 g/mol. The monoisotopic (exact) mass is 396 g/mol. The molecule has 0 aliphatic carbocycles. The highest BCUT2D eigenvalue weighted by atomic mass is 32.1. The molecule has 6 nitrogen and oxygen atoms in total. The second kappa shape index (κ2) is 10.5. The highest BCUT2D eigenvalue weighted by Gasteiger charge is 2.10. The molecule has 0 radical (unpaired) electrons. The Morgan fingerprint density at radius 2 is 2.00 bits per heavy atom. The molecule has 0 spiro atoms. The predicted molar refractivity (Wildman–Crippen MR) is 102 cm³/mol. The first-order chi connectivity index (χ1) is 13.0. The molecule has 1 amide bonds. The molecule has 2 aromatic rings. The molecule has 0 saturated heterocycles. The first kappa shape index (κ1) is 20.6. The van der Waals surface area contributed by atoms with E-state index in [0.717, 1.165) is 4.88 Å². The number of benzene rings is 1. The standard InChI is InChI=1S/C18H22F2N4O2S/c1-24(2)16(25)12-23-18(22-11-14-7-5-9-27-14)21-10-13-6-3-4-8-15(13)26-17(19)20/h3-9,17H,10-12H2,1-2H3,(H2,21,22,23). The van der Waals surface area contributed by atoms with Crippen LogP contribution in [0.4, 0.5) is 8.78 Å². The number of nitrogens with zero attached hydrogens (tertiary/aromatic N) is 2. The van der Waals surface area contributed by atoms with E-state index in [2.05, 4.69) is 20.4 Å². The smallest absolute Gasteiger partial charge is 0.387 e. The van der Waals surface area contributed by atoms with E-state index in [1.165, 1.54) is 11.0 Å². The number of nitrogens with one attached hydrogen (secondary N) is 2. The highest BCUT2D eigenvalue weighted by Crippen LogP contribution is 2.21. The van der Waals surface area contributed by atoms with Crippen molar-refractivity contribution < 1.29 is 18.3 Å². The Balaban J connectivity index is 2.07. The summed E-state index contributed by atoms with van der Waals surface area (Å²) < 4.78 is 29.6. The van der Waals surface area contributed by atoms with Gasteiger partial charge in [-0.15, -0.1) is 11.3 Å². The summed E-state index contributed by atoms with van der Waals surface area (Å²) in [7, 11) is 3.33. The van der Waals surface area contributed by atoms with Gasteiger partial charge in [0.15, 0.2) is 5.96 Å². The Bertz CT molecular complexity index is 752. The van der Waals surface area contributed by atoms with Crippen molar-refractivity contribution in [3.8, 4) is 5.75 Å². The molecule has 0 unspecified atom stereocenters. The van der Waals surface area contributed by atoms with Crippen LogP contribution in [0.25, 0.3) is 0 Å². The van der Waals surface area contributed by atoms with Crippen LogP contribution in [0.3, 0.4) is 0 Å². The van der Waals surface area contributed by atoms with Gasteiger partial charge in [0.2, 0.25) is 5.91 Å². The third-order valence-electron chi connectivity index (χ3n) is 3.51. The Morgan fingerprint density at radius 1 is 1.22 bits per heavy atom. The minimum atomic E-state index is -2.90. The van der Waals surface area contributed by atoms with E-state index in [0.29, 0.717) is 18.1 Å². The predicted octanol–water partition coefficient (Wildman–Crippen LogP) is 2.67. The number of carbonyl (C=O) groups excluding carboxylic acids is 1. The summed E-state index contributed by atoms with van der Waals surface area (Å²) in [5, 5.41) is 8.06. The SMILES string of the molecule is CN(C)C(=O)CNC(=NCc1ccccc1OC(F)F)NCc1cccs1. The van der Waals surface area contributed by atoms with Gasteiger partial charge in [0.05, 0.1) is 19.6 Å². The summed E-state index contributed by atoms with van der Waals surface area (Å²) in [4.78, 5) is 18.8. The number of carbonyl (C=O) groups is 1. The van der Waals surface area contributed by atoms with Crippen LogP contribution in [-0.4, -0.2) is 44.0 Å². The van der Waals surface area contributed by atoms with Crippen molar-refractivity contribution in [1.82, 2.24) is 15.5 Å². The summed E-state index contributed by atoms with van der Waals surface area (Å²) >= 11 is 1.59. The summed E-state index contributed by atoms with van der Waals surface area (Å²) in [6.07, 6.45) is 0. The number of likely N-dealkylation sites (N-methyl/N-ethyl adjacent to an activating group) is 1. The Kier molecular flexibility index (Phi) is 8.00. The van der Waals surface area contributed by atoms with Crippen molar-refractivity contribution in [3.05, 3.63) is 52.2 Å². The molecular formula is C18H22F2N4O2S. The van der Waals surface area contributed by atoms with Crippen LogP contribution >= 0.6 is 11.3 Å². The van der Waals surface area contributed by atoms with Gasteiger partial charge in [-0.25, -0.2) is 4.99 Å². The van der Waals surface area contributed by atoms with Crippen LogP contribution in [-0.2, 0) is 17.9 Å². The van der Waals surface area contributed by atoms with E-state index in [-0.39, 0.29) is 24.7 Å². The van der Waals surface area contributed by atoms with Crippen molar-refractivity contribution in [2.24, 2.45) is 4.99 Å². The topological polar surface area (TPSA) is 66.0 Å². The van der Waals surface area contributed by atoms with Crippen LogP contribution in [0, 0.1) is 0 Å². The average Bonchev–Trinajstić information content (AvgIpc) is 3.15. The number of guanidine groups is 1. The number of rotatable bonds is 8. The fourth-order valence-electron chi connectivity index (χ4n) is 2.09. The highest BCUT2D eigenvalue weighted by molar-refractivity contribution is 7.09. The summed E-state index contributed by atoms with van der Waals surface area (Å²) in [5.41, 5.74) is 0.522. The van der Waals surface area contributed by atoms with Gasteiger partial charge in [-0.05, 0) is 17.5 Å². The van der Waals surface area contributed by atoms with E-state index in [1.54, 1.807) is 43.6 Å². The number of aliphatic imine (C=N–C) groups is 1. The number of hydrogen-bond donors (Lipinski definition) is 2. The third kappa shape index (κ3) is 7.22. The molecule has 2 N–H and O–H groups in total. The fourth-order valence-corrected chi connectivity index (χ4v) is 2.73. The van der Waals surface area contributed by atoms with Gasteiger partial charge in [0, 0.05) is 24.5 Å². The Labute approximate surface area is 160 Å². The molecule has 0 aliphatic rings. The number of para-hydroxylation sites is 1. The van der Waals surface area contributed by atoms with Crippen molar-refractivity contribution >= 4 is 23.2 Å². The number of thiophene rings is 1. The quantitative estimate of drug-likeness (QED) is 0.532. The largest absolute Gasteiger partial charge is 0.434 e. The molecule has 2 rings (SSSR count). The Hall–Kier alpha value is -2.68. The number of ether oxygens (including phenoxy) is 1. The Morgan fingerprint density at radius 3 is 2.67 bits per heavy atom. The molecule has 0 saturated carbocycles. The molecule has 0 atom stereocenters. The van der Waals surface area contributed by atoms with Crippen LogP contribution in [0.1, 0.15) is 10.4 Å². The number of halogens is 2. The molecular weight excluding hydrogens is 374 g/mol. The van der Waals surface area contributed by atoms with Gasteiger partial charge in [-0.3, -0.25) is 4.79 Å². The van der Waals surface area contributed by atoms with Crippen LogP contribution in [0.15, 0.2) is 46.8 Å². The lowest BCUT2D eigenvalue weighted by atomic mass is 10.2. The van der Waals surface area contributed by atoms with E-state index in [9.17, 15) is 13.6 Å². The van der Waals surface area contributed by atoms with E-state index < -0.39 is 6.61 Å². The minimum absolute atomic E-state index is 0.0679. The number of hydrogen-bond acceptors (Lipinski definition) is 4. The van der Waals surface area contributed by atoms with Crippen molar-refractivity contribution in [1.29, 1.82) is 0 Å². The second-order valence-electron chi connectivity index (χ2n) is 5.73. The zero-order valence-electron chi connectivity index (χ0n) is 15.1.